The summed E-state index contributed by atoms with van der Waals surface area (Å²) in [7, 11) is -6.62. The van der Waals surface area contributed by atoms with Gasteiger partial charge in [0.25, 0.3) is 0 Å². The van der Waals surface area contributed by atoms with E-state index >= 15 is 0 Å². The average molecular weight is 235 g/mol. The molecule has 86 valence electrons. The molecule has 14 heavy (non-hydrogen) atoms. The first-order chi connectivity index (χ1) is 5.84. The molecule has 0 aromatic rings. The second kappa shape index (κ2) is 3.52. The van der Waals surface area contributed by atoms with Gasteiger partial charge in [-0.25, -0.2) is 0 Å². The van der Waals surface area contributed by atoms with Crippen molar-refractivity contribution in [2.45, 2.75) is 18.5 Å². The van der Waals surface area contributed by atoms with Gasteiger partial charge in [0.1, 0.15) is 0 Å². The van der Waals surface area contributed by atoms with Crippen molar-refractivity contribution in [3.63, 3.8) is 0 Å². The minimum atomic E-state index is -6.62. The van der Waals surface area contributed by atoms with E-state index in [9.17, 15) is 39.3 Å². The molecule has 0 bridgehead atoms. The van der Waals surface area contributed by atoms with Gasteiger partial charge in [-0.1, -0.05) is 0 Å². The highest BCUT2D eigenvalue weighted by Gasteiger charge is 2.59. The third-order valence-corrected chi connectivity index (χ3v) is 0.885. The Bertz CT molecular complexity index is 174. The molecule has 0 radical (unpaired) electrons. The number of rotatable bonds is 2. The van der Waals surface area contributed by atoms with E-state index in [1.165, 1.54) is 0 Å². The standard InChI is InChI=1S/C3HBF9O/c5-2(6,7)1(3(8,9)10)14-4(11,12)13/h1H/q-1. The van der Waals surface area contributed by atoms with Gasteiger partial charge < -0.3 is 17.6 Å². The molecular weight excluding hydrogens is 234 g/mol. The highest BCUT2D eigenvalue weighted by Crippen LogP contribution is 2.37. The van der Waals surface area contributed by atoms with Crippen LogP contribution in [0.5, 0.6) is 0 Å². The van der Waals surface area contributed by atoms with Crippen molar-refractivity contribution in [3.05, 3.63) is 0 Å². The summed E-state index contributed by atoms with van der Waals surface area (Å²) in [6.45, 7) is 0. The zero-order valence-electron chi connectivity index (χ0n) is 5.96. The quantitative estimate of drug-likeness (QED) is 0.528. The molecule has 0 amide bonds. The van der Waals surface area contributed by atoms with E-state index in [-0.39, 0.29) is 0 Å². The van der Waals surface area contributed by atoms with Crippen LogP contribution in [0.2, 0.25) is 0 Å². The first-order valence-electron chi connectivity index (χ1n) is 2.84. The maximum absolute atomic E-state index is 11.4. The van der Waals surface area contributed by atoms with Gasteiger partial charge in [-0.15, -0.1) is 0 Å². The number of halogens is 9. The summed E-state index contributed by atoms with van der Waals surface area (Å²) >= 11 is 0. The molecule has 0 unspecified atom stereocenters. The van der Waals surface area contributed by atoms with Crippen molar-refractivity contribution in [3.8, 4) is 0 Å². The molecule has 0 rings (SSSR count). The molecule has 0 aromatic heterocycles. The Morgan fingerprint density at radius 3 is 1.14 bits per heavy atom. The highest BCUT2D eigenvalue weighted by molar-refractivity contribution is 6.51. The van der Waals surface area contributed by atoms with Gasteiger partial charge in [-0.3, -0.25) is 0 Å². The van der Waals surface area contributed by atoms with Crippen LogP contribution in [-0.2, 0) is 4.65 Å². The minimum Gasteiger partial charge on any atom is -0.492 e. The van der Waals surface area contributed by atoms with E-state index in [0.29, 0.717) is 0 Å². The lowest BCUT2D eigenvalue weighted by atomic mass is 10.2. The summed E-state index contributed by atoms with van der Waals surface area (Å²) in [6.07, 6.45) is -17.1. The summed E-state index contributed by atoms with van der Waals surface area (Å²) in [4.78, 5) is 0. The van der Waals surface area contributed by atoms with Gasteiger partial charge in [0.2, 0.25) is 6.10 Å². The predicted octanol–water partition coefficient (Wildman–Crippen LogP) is 2.84. The lowest BCUT2D eigenvalue weighted by molar-refractivity contribution is -0.308. The van der Waals surface area contributed by atoms with Crippen LogP contribution in [0.15, 0.2) is 0 Å². The first kappa shape index (κ1) is 13.4. The average Bonchev–Trinajstić information content (AvgIpc) is 1.75. The Morgan fingerprint density at radius 1 is 0.786 bits per heavy atom. The Hall–Kier alpha value is -0.605. The summed E-state index contributed by atoms with van der Waals surface area (Å²) in [6, 6.07) is 0. The zero-order valence-corrected chi connectivity index (χ0v) is 5.96. The molecule has 0 aliphatic carbocycles. The number of hydrogen-bond acceptors (Lipinski definition) is 1. The van der Waals surface area contributed by atoms with Crippen LogP contribution in [0.4, 0.5) is 39.3 Å². The Balaban J connectivity index is 4.78. The molecule has 0 fully saturated rings. The molecule has 0 saturated heterocycles. The third kappa shape index (κ3) is 4.58. The van der Waals surface area contributed by atoms with E-state index in [4.69, 9.17) is 0 Å². The number of hydrogen-bond donors (Lipinski definition) is 0. The van der Waals surface area contributed by atoms with Gasteiger partial charge in [0.05, 0.1) is 0 Å². The Kier molecular flexibility index (Phi) is 3.36. The summed E-state index contributed by atoms with van der Waals surface area (Å²) in [5.74, 6) is 0. The molecule has 1 nitrogen and oxygen atoms in total. The summed E-state index contributed by atoms with van der Waals surface area (Å²) in [5.41, 5.74) is 0. The van der Waals surface area contributed by atoms with E-state index in [2.05, 4.69) is 0 Å². The lowest BCUT2D eigenvalue weighted by Gasteiger charge is -2.29. The van der Waals surface area contributed by atoms with Crippen molar-refractivity contribution in [1.29, 1.82) is 0 Å². The van der Waals surface area contributed by atoms with Crippen LogP contribution in [-0.4, -0.2) is 25.6 Å². The molecule has 0 N–H and O–H groups in total. The fourth-order valence-corrected chi connectivity index (χ4v) is 0.494. The summed E-state index contributed by atoms with van der Waals surface area (Å²) < 4.78 is 104. The van der Waals surface area contributed by atoms with Crippen LogP contribution >= 0.6 is 0 Å². The predicted molar refractivity (Wildman–Crippen MR) is 26.1 cm³/mol. The SMILES string of the molecule is F[B-](F)(F)OC(C(F)(F)F)C(F)(F)F. The Labute approximate surface area is 70.9 Å². The molecule has 0 aliphatic heterocycles. The minimum absolute atomic E-state index is 1.98. The van der Waals surface area contributed by atoms with Gasteiger partial charge in [-0.05, 0) is 0 Å². The van der Waals surface area contributed by atoms with Crippen LogP contribution in [0.3, 0.4) is 0 Å². The normalized spacial score (nSPS) is 15.0. The molecule has 0 spiro atoms. The van der Waals surface area contributed by atoms with Crippen LogP contribution in [0.1, 0.15) is 0 Å². The fourth-order valence-electron chi connectivity index (χ4n) is 0.494. The van der Waals surface area contributed by atoms with Gasteiger partial charge in [0, 0.05) is 0 Å². The van der Waals surface area contributed by atoms with Crippen molar-refractivity contribution in [2.75, 3.05) is 0 Å². The third-order valence-electron chi connectivity index (χ3n) is 0.885. The van der Waals surface area contributed by atoms with Crippen molar-refractivity contribution >= 4 is 7.18 Å². The van der Waals surface area contributed by atoms with Crippen LogP contribution < -0.4 is 0 Å². The molecule has 0 aliphatic rings. The highest BCUT2D eigenvalue weighted by atomic mass is 19.4. The van der Waals surface area contributed by atoms with E-state index in [1.807, 2.05) is 4.65 Å². The number of alkyl halides is 6. The van der Waals surface area contributed by atoms with Crippen LogP contribution in [0.25, 0.3) is 0 Å². The molecule has 0 saturated carbocycles. The topological polar surface area (TPSA) is 9.23 Å². The van der Waals surface area contributed by atoms with Crippen molar-refractivity contribution in [1.82, 2.24) is 0 Å². The molecule has 0 atom stereocenters. The first-order valence-corrected chi connectivity index (χ1v) is 2.84. The van der Waals surface area contributed by atoms with E-state index < -0.39 is 25.6 Å². The van der Waals surface area contributed by atoms with Gasteiger partial charge in [-0.2, -0.15) is 26.3 Å². The second-order valence-electron chi connectivity index (χ2n) is 2.11. The van der Waals surface area contributed by atoms with Crippen LogP contribution in [0, 0.1) is 0 Å². The lowest BCUT2D eigenvalue weighted by Crippen LogP contribution is -2.48. The molecular formula is C3HBF9O-. The largest absolute Gasteiger partial charge is 0.638 e. The van der Waals surface area contributed by atoms with Crippen molar-refractivity contribution in [2.24, 2.45) is 0 Å². The Morgan fingerprint density at radius 2 is 1.07 bits per heavy atom. The van der Waals surface area contributed by atoms with E-state index in [0.717, 1.165) is 0 Å². The van der Waals surface area contributed by atoms with Gasteiger partial charge >= 0.3 is 19.5 Å². The smallest absolute Gasteiger partial charge is 0.492 e. The second-order valence-corrected chi connectivity index (χ2v) is 2.11. The molecule has 0 heterocycles. The van der Waals surface area contributed by atoms with E-state index in [1.54, 1.807) is 0 Å². The van der Waals surface area contributed by atoms with Gasteiger partial charge in [0.15, 0.2) is 0 Å². The maximum atomic E-state index is 11.4. The molecule has 0 aromatic carbocycles. The summed E-state index contributed by atoms with van der Waals surface area (Å²) in [5, 5.41) is 0. The van der Waals surface area contributed by atoms with Crippen molar-refractivity contribution < 1.29 is 43.9 Å². The monoisotopic (exact) mass is 235 g/mol. The maximum Gasteiger partial charge on any atom is 0.638 e. The zero-order chi connectivity index (χ0) is 11.8. The fraction of sp³-hybridized carbons (Fsp3) is 1.00. The molecule has 11 heteroatoms.